The van der Waals surface area contributed by atoms with Gasteiger partial charge in [0.2, 0.25) is 0 Å². The van der Waals surface area contributed by atoms with Crippen LogP contribution in [0, 0.1) is 5.92 Å². The van der Waals surface area contributed by atoms with Gasteiger partial charge in [-0.3, -0.25) is 0 Å². The summed E-state index contributed by atoms with van der Waals surface area (Å²) in [5.41, 5.74) is 1.77. The number of hydrogen-bond donors (Lipinski definition) is 0. The Kier molecular flexibility index (Phi) is 2.65. The summed E-state index contributed by atoms with van der Waals surface area (Å²) < 4.78 is 0. The third-order valence-corrected chi connectivity index (χ3v) is 3.12. The van der Waals surface area contributed by atoms with Crippen LogP contribution in [-0.4, -0.2) is 0 Å². The third kappa shape index (κ3) is 1.80. The summed E-state index contributed by atoms with van der Waals surface area (Å²) in [7, 11) is 0. The van der Waals surface area contributed by atoms with Crippen molar-refractivity contribution in [2.75, 3.05) is 0 Å². The summed E-state index contributed by atoms with van der Waals surface area (Å²) in [5.74, 6) is 0.912. The lowest BCUT2D eigenvalue weighted by Crippen LogP contribution is -2.08. The van der Waals surface area contributed by atoms with Gasteiger partial charge in [0, 0.05) is 0 Å². The second-order valence-electron chi connectivity index (χ2n) is 4.01. The highest BCUT2D eigenvalue weighted by atomic mass is 14.2. The zero-order valence-electron chi connectivity index (χ0n) is 7.76. The van der Waals surface area contributed by atoms with E-state index in [1.807, 2.05) is 0 Å². The van der Waals surface area contributed by atoms with E-state index in [1.54, 1.807) is 5.57 Å². The number of hydrogen-bond acceptors (Lipinski definition) is 0. The zero-order valence-corrected chi connectivity index (χ0v) is 7.76. The molecule has 0 radical (unpaired) electrons. The van der Waals surface area contributed by atoms with Crippen molar-refractivity contribution >= 4 is 0 Å². The summed E-state index contributed by atoms with van der Waals surface area (Å²) >= 11 is 0. The van der Waals surface area contributed by atoms with Crippen molar-refractivity contribution < 1.29 is 0 Å². The molecule has 0 aromatic heterocycles. The minimum Gasteiger partial charge on any atom is -0.0885 e. The molecule has 2 aliphatic carbocycles. The Hall–Kier alpha value is -0.520. The maximum absolute atomic E-state index is 2.51. The smallest absolute Gasteiger partial charge is 0.0166 e. The molecule has 12 heavy (non-hydrogen) atoms. The number of rotatable bonds is 1. The van der Waals surface area contributed by atoms with E-state index in [2.05, 4.69) is 18.2 Å². The molecule has 0 aromatic carbocycles. The van der Waals surface area contributed by atoms with Crippen LogP contribution in [0.4, 0.5) is 0 Å². The van der Waals surface area contributed by atoms with Crippen molar-refractivity contribution in [3.05, 3.63) is 23.8 Å². The standard InChI is InChI=1S/C12H18/c1-3-7-11(8-4-1)12-9-5-2-6-10-12/h1,3,9,11H,2,4-8,10H2. The van der Waals surface area contributed by atoms with Crippen molar-refractivity contribution in [1.29, 1.82) is 0 Å². The van der Waals surface area contributed by atoms with E-state index in [0.717, 1.165) is 5.92 Å². The summed E-state index contributed by atoms with van der Waals surface area (Å²) in [6.45, 7) is 0. The summed E-state index contributed by atoms with van der Waals surface area (Å²) in [6.07, 6.45) is 16.8. The quantitative estimate of drug-likeness (QED) is 0.514. The van der Waals surface area contributed by atoms with Crippen molar-refractivity contribution in [1.82, 2.24) is 0 Å². The molecule has 0 heterocycles. The lowest BCUT2D eigenvalue weighted by atomic mass is 9.82. The first kappa shape index (κ1) is 8.10. The Morgan fingerprint density at radius 1 is 1.08 bits per heavy atom. The van der Waals surface area contributed by atoms with E-state index < -0.39 is 0 Å². The first-order valence-electron chi connectivity index (χ1n) is 5.31. The van der Waals surface area contributed by atoms with Gasteiger partial charge in [-0.15, -0.1) is 0 Å². The fraction of sp³-hybridized carbons (Fsp3) is 0.667. The van der Waals surface area contributed by atoms with Crippen LogP contribution < -0.4 is 0 Å². The van der Waals surface area contributed by atoms with Crippen LogP contribution in [0.25, 0.3) is 0 Å². The Balaban J connectivity index is 1.98. The molecular weight excluding hydrogens is 144 g/mol. The first-order valence-corrected chi connectivity index (χ1v) is 5.31. The molecule has 0 spiro atoms. The topological polar surface area (TPSA) is 0 Å². The predicted octanol–water partition coefficient (Wildman–Crippen LogP) is 3.84. The molecule has 0 bridgehead atoms. The van der Waals surface area contributed by atoms with Gasteiger partial charge >= 0.3 is 0 Å². The van der Waals surface area contributed by atoms with Crippen molar-refractivity contribution in [3.63, 3.8) is 0 Å². The van der Waals surface area contributed by atoms with Gasteiger partial charge in [-0.2, -0.15) is 0 Å². The second kappa shape index (κ2) is 3.93. The normalized spacial score (nSPS) is 30.0. The molecule has 2 aliphatic rings. The van der Waals surface area contributed by atoms with E-state index in [1.165, 1.54) is 44.9 Å². The van der Waals surface area contributed by atoms with Gasteiger partial charge in [0.25, 0.3) is 0 Å². The zero-order chi connectivity index (χ0) is 8.23. The maximum Gasteiger partial charge on any atom is -0.0166 e. The number of allylic oxidation sites excluding steroid dienone is 4. The molecular formula is C12H18. The molecule has 0 fully saturated rings. The largest absolute Gasteiger partial charge is 0.0885 e. The maximum atomic E-state index is 2.51. The third-order valence-electron chi connectivity index (χ3n) is 3.12. The monoisotopic (exact) mass is 162 g/mol. The van der Waals surface area contributed by atoms with Gasteiger partial charge in [-0.1, -0.05) is 23.8 Å². The van der Waals surface area contributed by atoms with Crippen LogP contribution in [0.2, 0.25) is 0 Å². The average molecular weight is 162 g/mol. The fourth-order valence-corrected chi connectivity index (χ4v) is 2.36. The highest BCUT2D eigenvalue weighted by molar-refractivity contribution is 5.12. The van der Waals surface area contributed by atoms with E-state index in [0.29, 0.717) is 0 Å². The molecule has 0 N–H and O–H groups in total. The van der Waals surface area contributed by atoms with Crippen LogP contribution in [0.15, 0.2) is 23.8 Å². The molecule has 1 atom stereocenters. The van der Waals surface area contributed by atoms with Crippen LogP contribution >= 0.6 is 0 Å². The fourth-order valence-electron chi connectivity index (χ4n) is 2.36. The highest BCUT2D eigenvalue weighted by Crippen LogP contribution is 2.31. The molecule has 66 valence electrons. The Labute approximate surface area is 75.4 Å². The molecule has 1 unspecified atom stereocenters. The molecule has 0 nitrogen and oxygen atoms in total. The molecule has 0 saturated heterocycles. The molecule has 0 amide bonds. The van der Waals surface area contributed by atoms with Crippen LogP contribution in [0.1, 0.15) is 44.9 Å². The van der Waals surface area contributed by atoms with Gasteiger partial charge in [-0.25, -0.2) is 0 Å². The first-order chi connectivity index (χ1) is 5.97. The molecule has 0 aliphatic heterocycles. The molecule has 0 aromatic rings. The van der Waals surface area contributed by atoms with Gasteiger partial charge in [0.1, 0.15) is 0 Å². The predicted molar refractivity (Wildman–Crippen MR) is 53.0 cm³/mol. The lowest BCUT2D eigenvalue weighted by molar-refractivity contribution is 0.509. The summed E-state index contributed by atoms with van der Waals surface area (Å²) in [6, 6.07) is 0. The summed E-state index contributed by atoms with van der Waals surface area (Å²) in [4.78, 5) is 0. The van der Waals surface area contributed by atoms with Crippen molar-refractivity contribution in [2.45, 2.75) is 44.9 Å². The SMILES string of the molecule is C1=CCC(C2=CCCCC2)CC1. The van der Waals surface area contributed by atoms with Gasteiger partial charge in [0.05, 0.1) is 0 Å². The van der Waals surface area contributed by atoms with E-state index in [-0.39, 0.29) is 0 Å². The Morgan fingerprint density at radius 3 is 2.75 bits per heavy atom. The molecule has 0 heteroatoms. The molecule has 2 rings (SSSR count). The van der Waals surface area contributed by atoms with Crippen molar-refractivity contribution in [2.24, 2.45) is 5.92 Å². The Bertz CT molecular complexity index is 198. The average Bonchev–Trinajstić information content (AvgIpc) is 2.21. The minimum absolute atomic E-state index is 0.912. The van der Waals surface area contributed by atoms with Gasteiger partial charge in [-0.05, 0) is 50.9 Å². The molecule has 0 saturated carbocycles. The van der Waals surface area contributed by atoms with E-state index >= 15 is 0 Å². The second-order valence-corrected chi connectivity index (χ2v) is 4.01. The Morgan fingerprint density at radius 2 is 2.08 bits per heavy atom. The van der Waals surface area contributed by atoms with Gasteiger partial charge in [0.15, 0.2) is 0 Å². The highest BCUT2D eigenvalue weighted by Gasteiger charge is 2.15. The van der Waals surface area contributed by atoms with Crippen LogP contribution in [-0.2, 0) is 0 Å². The van der Waals surface area contributed by atoms with E-state index in [4.69, 9.17) is 0 Å². The van der Waals surface area contributed by atoms with Gasteiger partial charge < -0.3 is 0 Å². The van der Waals surface area contributed by atoms with Crippen LogP contribution in [0.5, 0.6) is 0 Å². The van der Waals surface area contributed by atoms with E-state index in [9.17, 15) is 0 Å². The minimum atomic E-state index is 0.912. The summed E-state index contributed by atoms with van der Waals surface area (Å²) in [5, 5.41) is 0. The van der Waals surface area contributed by atoms with Crippen LogP contribution in [0.3, 0.4) is 0 Å². The van der Waals surface area contributed by atoms with Crippen molar-refractivity contribution in [3.8, 4) is 0 Å². The lowest BCUT2D eigenvalue weighted by Gasteiger charge is -2.23.